The Morgan fingerprint density at radius 1 is 1.37 bits per heavy atom. The fourth-order valence-corrected chi connectivity index (χ4v) is 3.57. The Morgan fingerprint density at radius 3 is 2.63 bits per heavy atom. The van der Waals surface area contributed by atoms with E-state index in [2.05, 4.69) is 18.7 Å². The number of hydrogen-bond donors (Lipinski definition) is 1. The molecule has 2 aliphatic heterocycles. The molecule has 0 spiro atoms. The van der Waals surface area contributed by atoms with Crippen LogP contribution < -0.4 is 0 Å². The van der Waals surface area contributed by atoms with Crippen molar-refractivity contribution in [3.8, 4) is 0 Å². The van der Waals surface area contributed by atoms with Gasteiger partial charge in [0, 0.05) is 12.1 Å². The number of carbonyl (C=O) groups is 1. The van der Waals surface area contributed by atoms with Crippen molar-refractivity contribution in [2.45, 2.75) is 64.0 Å². The molecule has 0 aromatic rings. The van der Waals surface area contributed by atoms with Crippen LogP contribution in [0.1, 0.15) is 52.4 Å². The van der Waals surface area contributed by atoms with E-state index in [1.807, 2.05) is 0 Å². The average Bonchev–Trinajstić information content (AvgIpc) is 2.39. The van der Waals surface area contributed by atoms with E-state index in [0.717, 1.165) is 25.9 Å². The zero-order chi connectivity index (χ0) is 13.9. The van der Waals surface area contributed by atoms with Crippen molar-refractivity contribution in [3.05, 3.63) is 0 Å². The van der Waals surface area contributed by atoms with E-state index in [1.54, 1.807) is 0 Å². The lowest BCUT2D eigenvalue weighted by Crippen LogP contribution is -2.57. The summed E-state index contributed by atoms with van der Waals surface area (Å²) in [6.07, 6.45) is 5.89. The van der Waals surface area contributed by atoms with Crippen LogP contribution >= 0.6 is 0 Å². The summed E-state index contributed by atoms with van der Waals surface area (Å²) < 4.78 is 5.85. The molecule has 110 valence electrons. The molecule has 0 aromatic carbocycles. The first-order chi connectivity index (χ1) is 9.03. The van der Waals surface area contributed by atoms with Crippen molar-refractivity contribution in [2.24, 2.45) is 5.92 Å². The van der Waals surface area contributed by atoms with Crippen molar-refractivity contribution < 1.29 is 14.6 Å². The predicted molar refractivity (Wildman–Crippen MR) is 74.2 cm³/mol. The largest absolute Gasteiger partial charge is 0.481 e. The lowest BCUT2D eigenvalue weighted by molar-refractivity contribution is -0.147. The second-order valence-electron chi connectivity index (χ2n) is 6.45. The molecular formula is C15H27NO3. The molecule has 2 atom stereocenters. The van der Waals surface area contributed by atoms with Gasteiger partial charge in [-0.15, -0.1) is 0 Å². The van der Waals surface area contributed by atoms with E-state index >= 15 is 0 Å². The molecule has 2 rings (SSSR count). The molecule has 4 nitrogen and oxygen atoms in total. The van der Waals surface area contributed by atoms with Gasteiger partial charge >= 0.3 is 5.97 Å². The fraction of sp³-hybridized carbons (Fsp3) is 0.933. The third kappa shape index (κ3) is 3.48. The third-order valence-corrected chi connectivity index (χ3v) is 4.73. The van der Waals surface area contributed by atoms with E-state index < -0.39 is 5.97 Å². The number of aliphatic carboxylic acids is 1. The molecule has 0 bridgehead atoms. The first kappa shape index (κ1) is 14.8. The molecule has 4 heteroatoms. The van der Waals surface area contributed by atoms with Crippen LogP contribution in [-0.2, 0) is 9.53 Å². The summed E-state index contributed by atoms with van der Waals surface area (Å²) in [5.41, 5.74) is -0.167. The highest BCUT2D eigenvalue weighted by atomic mass is 16.5. The minimum atomic E-state index is -0.671. The van der Waals surface area contributed by atoms with Crippen molar-refractivity contribution in [1.29, 1.82) is 0 Å². The van der Waals surface area contributed by atoms with Crippen LogP contribution in [0.4, 0.5) is 0 Å². The Balaban J connectivity index is 2.15. The van der Waals surface area contributed by atoms with Gasteiger partial charge in [0.15, 0.2) is 0 Å². The Bertz CT molecular complexity index is 313. The Labute approximate surface area is 116 Å². The summed E-state index contributed by atoms with van der Waals surface area (Å²) in [6.45, 7) is 7.14. The van der Waals surface area contributed by atoms with E-state index in [-0.39, 0.29) is 18.1 Å². The Hall–Kier alpha value is -0.610. The van der Waals surface area contributed by atoms with Crippen molar-refractivity contribution in [2.75, 3.05) is 19.7 Å². The van der Waals surface area contributed by atoms with Gasteiger partial charge in [0.25, 0.3) is 0 Å². The van der Waals surface area contributed by atoms with Gasteiger partial charge in [0.05, 0.1) is 12.5 Å². The normalized spacial score (nSPS) is 33.5. The van der Waals surface area contributed by atoms with Gasteiger partial charge in [-0.1, -0.05) is 20.3 Å². The molecule has 2 fully saturated rings. The van der Waals surface area contributed by atoms with Crippen LogP contribution in [0.3, 0.4) is 0 Å². The van der Waals surface area contributed by atoms with Crippen molar-refractivity contribution in [3.63, 3.8) is 0 Å². The highest BCUT2D eigenvalue weighted by Crippen LogP contribution is 2.37. The number of likely N-dealkylation sites (tertiary alicyclic amines) is 1. The maximum atomic E-state index is 11.3. The minimum absolute atomic E-state index is 0.167. The van der Waals surface area contributed by atoms with Crippen LogP contribution in [0.15, 0.2) is 0 Å². The third-order valence-electron chi connectivity index (χ3n) is 4.73. The van der Waals surface area contributed by atoms with Crippen LogP contribution in [0, 0.1) is 5.92 Å². The van der Waals surface area contributed by atoms with Crippen LogP contribution in [0.2, 0.25) is 0 Å². The predicted octanol–water partition coefficient (Wildman–Crippen LogP) is 2.52. The quantitative estimate of drug-likeness (QED) is 0.852. The molecule has 0 aromatic heterocycles. The first-order valence-electron chi connectivity index (χ1n) is 7.62. The van der Waals surface area contributed by atoms with Crippen molar-refractivity contribution >= 4 is 5.97 Å². The van der Waals surface area contributed by atoms with Gasteiger partial charge in [-0.05, 0) is 44.7 Å². The second-order valence-corrected chi connectivity index (χ2v) is 6.45. The first-order valence-corrected chi connectivity index (χ1v) is 7.62. The molecule has 1 N–H and O–H groups in total. The maximum absolute atomic E-state index is 11.3. The smallest absolute Gasteiger partial charge is 0.305 e. The highest BCUT2D eigenvalue weighted by molar-refractivity contribution is 5.68. The minimum Gasteiger partial charge on any atom is -0.481 e. The Morgan fingerprint density at radius 2 is 2.05 bits per heavy atom. The molecule has 0 amide bonds. The second kappa shape index (κ2) is 6.23. The maximum Gasteiger partial charge on any atom is 0.305 e. The van der Waals surface area contributed by atoms with E-state index in [4.69, 9.17) is 4.74 Å². The van der Waals surface area contributed by atoms with Gasteiger partial charge < -0.3 is 9.84 Å². The van der Waals surface area contributed by atoms with Crippen LogP contribution in [-0.4, -0.2) is 47.3 Å². The number of ether oxygens (including phenoxy) is 1. The molecule has 19 heavy (non-hydrogen) atoms. The summed E-state index contributed by atoms with van der Waals surface area (Å²) in [6, 6.07) is 0. The molecule has 2 aliphatic rings. The number of rotatable bonds is 4. The molecular weight excluding hydrogens is 242 g/mol. The van der Waals surface area contributed by atoms with Crippen LogP contribution in [0.5, 0.6) is 0 Å². The molecule has 2 unspecified atom stereocenters. The summed E-state index contributed by atoms with van der Waals surface area (Å²) in [5.74, 6) is -0.215. The monoisotopic (exact) mass is 269 g/mol. The van der Waals surface area contributed by atoms with Gasteiger partial charge in [-0.2, -0.15) is 0 Å². The van der Waals surface area contributed by atoms with Gasteiger partial charge in [-0.3, -0.25) is 9.69 Å². The Kier molecular flexibility index (Phi) is 4.85. The number of piperidine rings is 1. The SMILES string of the molecule is CC(C)C1CC(CC(=O)O)(N2CCCCC2)CCO1. The molecule has 0 aliphatic carbocycles. The summed E-state index contributed by atoms with van der Waals surface area (Å²) in [7, 11) is 0. The lowest BCUT2D eigenvalue weighted by Gasteiger charge is -2.50. The van der Waals surface area contributed by atoms with E-state index in [1.165, 1.54) is 19.3 Å². The van der Waals surface area contributed by atoms with Gasteiger partial charge in [0.1, 0.15) is 0 Å². The highest BCUT2D eigenvalue weighted by Gasteiger charge is 2.44. The topological polar surface area (TPSA) is 49.8 Å². The standard InChI is InChI=1S/C15H27NO3/c1-12(2)13-10-15(6-9-19-13,11-14(17)18)16-7-4-3-5-8-16/h12-13H,3-11H2,1-2H3,(H,17,18). The van der Waals surface area contributed by atoms with Crippen LogP contribution in [0.25, 0.3) is 0 Å². The number of carboxylic acids is 1. The summed E-state index contributed by atoms with van der Waals surface area (Å²) >= 11 is 0. The van der Waals surface area contributed by atoms with E-state index in [0.29, 0.717) is 12.5 Å². The van der Waals surface area contributed by atoms with Gasteiger partial charge in [0.2, 0.25) is 0 Å². The van der Waals surface area contributed by atoms with E-state index in [9.17, 15) is 9.90 Å². The van der Waals surface area contributed by atoms with Gasteiger partial charge in [-0.25, -0.2) is 0 Å². The molecule has 2 saturated heterocycles. The average molecular weight is 269 g/mol. The molecule has 0 saturated carbocycles. The summed E-state index contributed by atoms with van der Waals surface area (Å²) in [5, 5.41) is 9.32. The zero-order valence-electron chi connectivity index (χ0n) is 12.2. The zero-order valence-corrected chi connectivity index (χ0v) is 12.2. The lowest BCUT2D eigenvalue weighted by atomic mass is 9.78. The number of carboxylic acid groups (broad SMARTS) is 1. The molecule has 0 radical (unpaired) electrons. The fourth-order valence-electron chi connectivity index (χ4n) is 3.57. The number of hydrogen-bond acceptors (Lipinski definition) is 3. The van der Waals surface area contributed by atoms with Crippen molar-refractivity contribution in [1.82, 2.24) is 4.90 Å². The number of nitrogens with zero attached hydrogens (tertiary/aromatic N) is 1. The molecule has 2 heterocycles. The summed E-state index contributed by atoms with van der Waals surface area (Å²) in [4.78, 5) is 13.8.